The smallest absolute Gasteiger partial charge is 0.352 e. The van der Waals surface area contributed by atoms with Crippen LogP contribution in [-0.2, 0) is 70.4 Å². The molecule has 0 fully saturated rings. The van der Waals surface area contributed by atoms with Crippen molar-refractivity contribution in [1.29, 1.82) is 0 Å². The summed E-state index contributed by atoms with van der Waals surface area (Å²) in [6.45, 7) is 6.08. The predicted octanol–water partition coefficient (Wildman–Crippen LogP) is 1.15. The standard InChI is InChI=1S/C46H56N6O15/c1-4-10-51(45(61)34(21-39(56)57)49-37(54)8-11-63-13-15-65-16-14-64-12-9-47-36(53)7-6-26(3)5-2)24-38(55)48-22-40(58)67-43-31-20-35-41-28(23-52(35)44(60)32(31)25-66-46(43)62)17-27-18-29-30(42(29)59)19-33(27)50-41/h17-20,26,34,43H,4-16,21-25H2,1-3H3,(H,47,53)(H,48,55)(H,49,54)(H,56,57)/t26?,34-,43?/m0/s1. The molecule has 21 nitrogen and oxygen atoms in total. The minimum atomic E-state index is -1.64. The lowest BCUT2D eigenvalue weighted by molar-refractivity contribution is -0.171. The first kappa shape index (κ1) is 49.8. The number of hydrogen-bond donors (Lipinski definition) is 4. The number of benzene rings is 1. The molecule has 0 saturated heterocycles. The normalized spacial score (nSPS) is 14.7. The Balaban J connectivity index is 0.929. The van der Waals surface area contributed by atoms with Crippen LogP contribution in [0.15, 0.2) is 33.9 Å². The largest absolute Gasteiger partial charge is 0.481 e. The van der Waals surface area contributed by atoms with Crippen LogP contribution in [0, 0.1) is 5.92 Å². The summed E-state index contributed by atoms with van der Waals surface area (Å²) in [4.78, 5) is 120. The zero-order valence-corrected chi connectivity index (χ0v) is 37.8. The van der Waals surface area contributed by atoms with Gasteiger partial charge in [-0.2, -0.15) is 0 Å². The highest BCUT2D eigenvalue weighted by Gasteiger charge is 2.38. The van der Waals surface area contributed by atoms with Crippen LogP contribution in [0.2, 0.25) is 0 Å². The Morgan fingerprint density at radius 3 is 2.33 bits per heavy atom. The lowest BCUT2D eigenvalue weighted by atomic mass is 10.00. The van der Waals surface area contributed by atoms with E-state index >= 15 is 0 Å². The van der Waals surface area contributed by atoms with Gasteiger partial charge >= 0.3 is 17.9 Å². The van der Waals surface area contributed by atoms with E-state index in [9.17, 15) is 48.3 Å². The van der Waals surface area contributed by atoms with Gasteiger partial charge in [-0.25, -0.2) is 9.78 Å². The molecule has 3 atom stereocenters. The number of nitrogens with one attached hydrogen (secondary N) is 3. The number of carboxylic acids is 1. The highest BCUT2D eigenvalue weighted by molar-refractivity contribution is 6.06. The second-order valence-corrected chi connectivity index (χ2v) is 16.5. The SMILES string of the molecule is CCCN(CC(=O)NCC(=O)OC1C(=O)OCc2c1cc1n(c2=O)Cc2cc3cc4c(=O)c4cc3nc2-1)C(=O)[C@H](CC(=O)O)NC(=O)CCOCCOCCOCCNC(=O)CCC(C)CC. The van der Waals surface area contributed by atoms with Crippen LogP contribution in [0.3, 0.4) is 0 Å². The highest BCUT2D eigenvalue weighted by atomic mass is 16.6. The zero-order chi connectivity index (χ0) is 48.2. The first-order valence-corrected chi connectivity index (χ1v) is 22.4. The van der Waals surface area contributed by atoms with Gasteiger partial charge in [-0.05, 0) is 43.0 Å². The van der Waals surface area contributed by atoms with Crippen LogP contribution in [0.4, 0.5) is 0 Å². The molecular weight excluding hydrogens is 877 g/mol. The van der Waals surface area contributed by atoms with Crippen molar-refractivity contribution in [3.05, 3.63) is 61.5 Å². The molecule has 21 heteroatoms. The van der Waals surface area contributed by atoms with Gasteiger partial charge in [-0.3, -0.25) is 38.4 Å². The molecule has 2 aromatic carbocycles. The number of ether oxygens (including phenoxy) is 5. The molecule has 2 aromatic heterocycles. The maximum atomic E-state index is 13.7. The number of carboxylic acid groups (broad SMARTS) is 1. The first-order chi connectivity index (χ1) is 32.2. The maximum Gasteiger partial charge on any atom is 0.352 e. The van der Waals surface area contributed by atoms with Crippen LogP contribution in [0.5, 0.6) is 0 Å². The highest BCUT2D eigenvalue weighted by Crippen LogP contribution is 2.37. The number of aliphatic carboxylic acids is 1. The third-order valence-corrected chi connectivity index (χ3v) is 11.5. The Morgan fingerprint density at radius 2 is 1.61 bits per heavy atom. The van der Waals surface area contributed by atoms with Gasteiger partial charge in [0.25, 0.3) is 5.56 Å². The van der Waals surface area contributed by atoms with E-state index in [0.29, 0.717) is 72.8 Å². The number of fused-ring (bicyclic) bond motifs is 6. The number of aromatic nitrogens is 2. The number of esters is 2. The Kier molecular flexibility index (Phi) is 17.3. The van der Waals surface area contributed by atoms with E-state index in [-0.39, 0.29) is 68.4 Å². The van der Waals surface area contributed by atoms with Gasteiger partial charge in [-0.1, -0.05) is 27.2 Å². The molecule has 0 radical (unpaired) electrons. The molecule has 0 aliphatic carbocycles. The van der Waals surface area contributed by atoms with Gasteiger partial charge in [0.2, 0.25) is 29.7 Å². The minimum Gasteiger partial charge on any atom is -0.481 e. The number of pyridine rings is 2. The van der Waals surface area contributed by atoms with Crippen molar-refractivity contribution < 1.29 is 62.4 Å². The van der Waals surface area contributed by atoms with Gasteiger partial charge in [0, 0.05) is 53.2 Å². The minimum absolute atomic E-state index is 0.00241. The van der Waals surface area contributed by atoms with Crippen molar-refractivity contribution in [3.63, 3.8) is 0 Å². The number of nitrogens with zero attached hydrogens (tertiary/aromatic N) is 3. The van der Waals surface area contributed by atoms with Crippen molar-refractivity contribution in [2.24, 2.45) is 5.92 Å². The lowest BCUT2D eigenvalue weighted by Crippen LogP contribution is -2.52. The second-order valence-electron chi connectivity index (χ2n) is 16.5. The van der Waals surface area contributed by atoms with Crippen molar-refractivity contribution in [3.8, 4) is 11.4 Å². The first-order valence-electron chi connectivity index (χ1n) is 22.4. The average Bonchev–Trinajstić information content (AvgIpc) is 3.77. The fraction of sp³-hybridized carbons (Fsp3) is 0.522. The summed E-state index contributed by atoms with van der Waals surface area (Å²) >= 11 is 0. The maximum absolute atomic E-state index is 13.7. The number of carbonyl (C=O) groups excluding carboxylic acids is 6. The number of carbonyl (C=O) groups is 7. The Labute approximate surface area is 384 Å². The van der Waals surface area contributed by atoms with Crippen LogP contribution in [0.25, 0.3) is 33.1 Å². The summed E-state index contributed by atoms with van der Waals surface area (Å²) in [5, 5.41) is 19.0. The molecule has 360 valence electrons. The fourth-order valence-electron chi connectivity index (χ4n) is 7.62. The molecule has 4 aromatic rings. The molecule has 4 heterocycles. The molecule has 0 saturated carbocycles. The summed E-state index contributed by atoms with van der Waals surface area (Å²) in [6.07, 6.45) is 0.113. The molecular formula is C46H56N6O15. The number of rotatable bonds is 27. The fourth-order valence-corrected chi connectivity index (χ4v) is 7.62. The van der Waals surface area contributed by atoms with Gasteiger partial charge in [0.15, 0.2) is 5.43 Å². The predicted molar refractivity (Wildman–Crippen MR) is 238 cm³/mol. The quantitative estimate of drug-likeness (QED) is 0.0425. The Bertz CT molecular complexity index is 2580. The molecule has 4 amide bonds. The van der Waals surface area contributed by atoms with Crippen LogP contribution in [-0.4, -0.2) is 133 Å². The summed E-state index contributed by atoms with van der Waals surface area (Å²) in [5.74, 6) is -5.20. The number of amides is 4. The molecule has 0 bridgehead atoms. The second kappa shape index (κ2) is 23.2. The van der Waals surface area contributed by atoms with Gasteiger partial charge in [-0.15, -0.1) is 0 Å². The molecule has 2 aliphatic rings. The molecule has 2 unspecified atom stereocenters. The topological polar surface area (TPSA) is 277 Å². The van der Waals surface area contributed by atoms with Crippen molar-refractivity contribution in [2.45, 2.75) is 84.6 Å². The van der Waals surface area contributed by atoms with Crippen LogP contribution >= 0.6 is 0 Å². The third kappa shape index (κ3) is 13.1. The molecule has 0 spiro atoms. The summed E-state index contributed by atoms with van der Waals surface area (Å²) in [5.41, 5.74) is 1.84. The van der Waals surface area contributed by atoms with E-state index in [4.69, 9.17) is 28.7 Å². The summed E-state index contributed by atoms with van der Waals surface area (Å²) in [6, 6.07) is 5.33. The van der Waals surface area contributed by atoms with E-state index in [1.807, 2.05) is 6.07 Å². The van der Waals surface area contributed by atoms with Crippen molar-refractivity contribution >= 4 is 63.2 Å². The molecule has 4 N–H and O–H groups in total. The van der Waals surface area contributed by atoms with Gasteiger partial charge in [0.1, 0.15) is 19.2 Å². The summed E-state index contributed by atoms with van der Waals surface area (Å²) < 4.78 is 28.5. The van der Waals surface area contributed by atoms with Crippen molar-refractivity contribution in [2.75, 3.05) is 65.8 Å². The van der Waals surface area contributed by atoms with Crippen LogP contribution < -0.4 is 26.9 Å². The zero-order valence-electron chi connectivity index (χ0n) is 37.8. The van der Waals surface area contributed by atoms with Gasteiger partial charge in [0.05, 0.1) is 81.6 Å². The molecule has 2 aliphatic heterocycles. The monoisotopic (exact) mass is 932 g/mol. The van der Waals surface area contributed by atoms with E-state index in [2.05, 4.69) is 29.8 Å². The average molecular weight is 933 g/mol. The number of hydrogen-bond acceptors (Lipinski definition) is 15. The lowest BCUT2D eigenvalue weighted by Gasteiger charge is -2.27. The van der Waals surface area contributed by atoms with Gasteiger partial charge < -0.3 is 54.2 Å². The Hall–Kier alpha value is -6.58. The third-order valence-electron chi connectivity index (χ3n) is 11.5. The van der Waals surface area contributed by atoms with Crippen molar-refractivity contribution in [1.82, 2.24) is 30.4 Å². The van der Waals surface area contributed by atoms with E-state index < -0.39 is 72.8 Å². The van der Waals surface area contributed by atoms with E-state index in [0.717, 1.165) is 28.7 Å². The Morgan fingerprint density at radius 1 is 0.896 bits per heavy atom. The van der Waals surface area contributed by atoms with E-state index in [1.165, 1.54) is 4.57 Å². The summed E-state index contributed by atoms with van der Waals surface area (Å²) in [7, 11) is 0. The van der Waals surface area contributed by atoms with E-state index in [1.54, 1.807) is 25.1 Å². The number of cyclic esters (lactones) is 1. The molecule has 67 heavy (non-hydrogen) atoms. The van der Waals surface area contributed by atoms with Crippen LogP contribution in [0.1, 0.15) is 82.1 Å². The molecule has 6 rings (SSSR count).